The molecule has 2 aliphatic rings. The van der Waals surface area contributed by atoms with Crippen molar-refractivity contribution in [2.45, 2.75) is 24.6 Å². The summed E-state index contributed by atoms with van der Waals surface area (Å²) in [5.74, 6) is 0.104. The highest BCUT2D eigenvalue weighted by Gasteiger charge is 2.48. The molecule has 2 saturated heterocycles. The summed E-state index contributed by atoms with van der Waals surface area (Å²) in [5.41, 5.74) is 1.19. The van der Waals surface area contributed by atoms with Gasteiger partial charge in [0.15, 0.2) is 15.0 Å². The quantitative estimate of drug-likeness (QED) is 0.832. The molecule has 2 heterocycles. The molecule has 22 heavy (non-hydrogen) atoms. The number of carbonyl (C=O) groups is 1. The number of nitrogens with zero attached hydrogens (tertiary/aromatic N) is 2. The normalized spacial score (nSPS) is 28.0. The maximum absolute atomic E-state index is 11.8. The first-order chi connectivity index (χ1) is 10.4. The van der Waals surface area contributed by atoms with E-state index in [0.717, 1.165) is 6.42 Å². The SMILES string of the molecule is CC(=O)N=C1S[C@@H]2CS(=O)(=O)C[C@@H]2N1CCc1ccccc1. The van der Waals surface area contributed by atoms with Crippen molar-refractivity contribution < 1.29 is 13.2 Å². The fourth-order valence-corrected chi connectivity index (χ4v) is 6.95. The van der Waals surface area contributed by atoms with Crippen LogP contribution in [-0.2, 0) is 21.1 Å². The Morgan fingerprint density at radius 3 is 2.73 bits per heavy atom. The lowest BCUT2D eigenvalue weighted by Crippen LogP contribution is -2.39. The monoisotopic (exact) mass is 338 g/mol. The summed E-state index contributed by atoms with van der Waals surface area (Å²) in [7, 11) is -2.98. The summed E-state index contributed by atoms with van der Waals surface area (Å²) >= 11 is 1.43. The summed E-state index contributed by atoms with van der Waals surface area (Å²) in [6, 6.07) is 9.99. The highest BCUT2D eigenvalue weighted by molar-refractivity contribution is 8.15. The zero-order valence-corrected chi connectivity index (χ0v) is 13.9. The number of thioether (sulfide) groups is 1. The first-order valence-corrected chi connectivity index (χ1v) is 9.91. The second kappa shape index (κ2) is 6.04. The molecule has 2 fully saturated rings. The Morgan fingerprint density at radius 2 is 2.05 bits per heavy atom. The molecule has 0 bridgehead atoms. The second-order valence-corrected chi connectivity index (χ2v) is 9.00. The molecule has 0 spiro atoms. The number of amidine groups is 1. The van der Waals surface area contributed by atoms with Crippen molar-refractivity contribution in [1.82, 2.24) is 4.90 Å². The van der Waals surface area contributed by atoms with Gasteiger partial charge in [-0.25, -0.2) is 8.42 Å². The van der Waals surface area contributed by atoms with Crippen LogP contribution in [-0.4, -0.2) is 53.7 Å². The van der Waals surface area contributed by atoms with Crippen LogP contribution < -0.4 is 0 Å². The van der Waals surface area contributed by atoms with Crippen LogP contribution in [0.5, 0.6) is 0 Å². The lowest BCUT2D eigenvalue weighted by Gasteiger charge is -2.24. The van der Waals surface area contributed by atoms with E-state index in [1.165, 1.54) is 24.2 Å². The van der Waals surface area contributed by atoms with Crippen molar-refractivity contribution in [1.29, 1.82) is 0 Å². The fraction of sp³-hybridized carbons (Fsp3) is 0.467. The molecule has 0 aliphatic carbocycles. The largest absolute Gasteiger partial charge is 0.346 e. The van der Waals surface area contributed by atoms with E-state index in [-0.39, 0.29) is 28.7 Å². The van der Waals surface area contributed by atoms with E-state index in [0.29, 0.717) is 11.7 Å². The third-order valence-electron chi connectivity index (χ3n) is 3.91. The minimum Gasteiger partial charge on any atom is -0.346 e. The maximum atomic E-state index is 11.8. The molecule has 1 aromatic rings. The van der Waals surface area contributed by atoms with Gasteiger partial charge in [0, 0.05) is 18.7 Å². The van der Waals surface area contributed by atoms with Gasteiger partial charge in [-0.2, -0.15) is 4.99 Å². The lowest BCUT2D eigenvalue weighted by molar-refractivity contribution is -0.115. The Labute approximate surface area is 134 Å². The topological polar surface area (TPSA) is 66.8 Å². The molecule has 0 unspecified atom stereocenters. The molecular formula is C15H18N2O3S2. The summed E-state index contributed by atoms with van der Waals surface area (Å²) < 4.78 is 23.7. The zero-order valence-electron chi connectivity index (χ0n) is 12.3. The van der Waals surface area contributed by atoms with E-state index in [2.05, 4.69) is 4.99 Å². The third kappa shape index (κ3) is 3.35. The standard InChI is InChI=1S/C15H18N2O3S2/c1-11(18)16-15-17(8-7-12-5-3-2-4-6-12)13-9-22(19,20)10-14(13)21-15/h2-6,13-14H,7-10H2,1H3/t13-,14+/m0/s1. The van der Waals surface area contributed by atoms with Gasteiger partial charge in [-0.1, -0.05) is 42.1 Å². The van der Waals surface area contributed by atoms with Gasteiger partial charge >= 0.3 is 0 Å². The van der Waals surface area contributed by atoms with Crippen molar-refractivity contribution in [3.05, 3.63) is 35.9 Å². The van der Waals surface area contributed by atoms with E-state index in [1.54, 1.807) is 0 Å². The molecule has 1 amide bonds. The number of fused-ring (bicyclic) bond motifs is 1. The number of aliphatic imine (C=N–C) groups is 1. The Balaban J connectivity index is 1.79. The molecule has 3 rings (SSSR count). The first-order valence-electron chi connectivity index (χ1n) is 7.21. The molecule has 118 valence electrons. The van der Waals surface area contributed by atoms with Gasteiger partial charge in [-0.3, -0.25) is 4.79 Å². The van der Waals surface area contributed by atoms with Crippen LogP contribution in [0.4, 0.5) is 0 Å². The molecule has 2 aliphatic heterocycles. The van der Waals surface area contributed by atoms with Gasteiger partial charge in [0.05, 0.1) is 17.5 Å². The minimum atomic E-state index is -2.98. The van der Waals surface area contributed by atoms with E-state index < -0.39 is 9.84 Å². The van der Waals surface area contributed by atoms with Crippen molar-refractivity contribution in [3.63, 3.8) is 0 Å². The molecule has 2 atom stereocenters. The van der Waals surface area contributed by atoms with Crippen molar-refractivity contribution in [2.75, 3.05) is 18.1 Å². The van der Waals surface area contributed by atoms with Gasteiger partial charge in [0.25, 0.3) is 0 Å². The zero-order chi connectivity index (χ0) is 15.7. The first kappa shape index (κ1) is 15.6. The van der Waals surface area contributed by atoms with Crippen molar-refractivity contribution in [2.24, 2.45) is 4.99 Å². The summed E-state index contributed by atoms with van der Waals surface area (Å²) in [4.78, 5) is 17.4. The third-order valence-corrected chi connectivity index (χ3v) is 7.16. The van der Waals surface area contributed by atoms with E-state index in [1.807, 2.05) is 35.2 Å². The lowest BCUT2D eigenvalue weighted by atomic mass is 10.1. The highest BCUT2D eigenvalue weighted by atomic mass is 32.2. The molecule has 0 N–H and O–H groups in total. The van der Waals surface area contributed by atoms with E-state index >= 15 is 0 Å². The van der Waals surface area contributed by atoms with Crippen LogP contribution in [0.2, 0.25) is 0 Å². The number of benzene rings is 1. The smallest absolute Gasteiger partial charge is 0.244 e. The average molecular weight is 338 g/mol. The summed E-state index contributed by atoms with van der Waals surface area (Å²) in [5, 5.41) is 0.673. The molecule has 0 radical (unpaired) electrons. The van der Waals surface area contributed by atoms with Crippen molar-refractivity contribution in [3.8, 4) is 0 Å². The van der Waals surface area contributed by atoms with Crippen LogP contribution in [0, 0.1) is 0 Å². The number of carbonyl (C=O) groups excluding carboxylic acids is 1. The van der Waals surface area contributed by atoms with Gasteiger partial charge < -0.3 is 4.90 Å². The van der Waals surface area contributed by atoms with E-state index in [4.69, 9.17) is 0 Å². The minimum absolute atomic E-state index is 0.00104. The van der Waals surface area contributed by atoms with Crippen LogP contribution in [0.15, 0.2) is 35.3 Å². The molecule has 1 aromatic carbocycles. The number of amides is 1. The molecule has 5 nitrogen and oxygen atoms in total. The van der Waals surface area contributed by atoms with Crippen LogP contribution in [0.3, 0.4) is 0 Å². The summed E-state index contributed by atoms with van der Waals surface area (Å²) in [6.07, 6.45) is 0.807. The Kier molecular flexibility index (Phi) is 4.27. The Morgan fingerprint density at radius 1 is 1.32 bits per heavy atom. The Bertz CT molecular complexity index is 701. The van der Waals surface area contributed by atoms with Gasteiger partial charge in [0.2, 0.25) is 5.91 Å². The number of rotatable bonds is 3. The van der Waals surface area contributed by atoms with Gasteiger partial charge in [0.1, 0.15) is 0 Å². The van der Waals surface area contributed by atoms with Crippen LogP contribution >= 0.6 is 11.8 Å². The van der Waals surface area contributed by atoms with Crippen molar-refractivity contribution >= 4 is 32.7 Å². The second-order valence-electron chi connectivity index (χ2n) is 5.64. The van der Waals surface area contributed by atoms with Gasteiger partial charge in [-0.05, 0) is 12.0 Å². The highest BCUT2D eigenvalue weighted by Crippen LogP contribution is 2.38. The van der Waals surface area contributed by atoms with Gasteiger partial charge in [-0.15, -0.1) is 0 Å². The number of hydrogen-bond acceptors (Lipinski definition) is 4. The van der Waals surface area contributed by atoms with Crippen LogP contribution in [0.25, 0.3) is 0 Å². The molecular weight excluding hydrogens is 320 g/mol. The Hall–Kier alpha value is -1.34. The molecule has 0 saturated carbocycles. The number of hydrogen-bond donors (Lipinski definition) is 0. The predicted octanol–water partition coefficient (Wildman–Crippen LogP) is 1.35. The maximum Gasteiger partial charge on any atom is 0.244 e. The number of sulfone groups is 1. The summed E-state index contributed by atoms with van der Waals surface area (Å²) in [6.45, 7) is 2.10. The fourth-order valence-electron chi connectivity index (χ4n) is 2.93. The van der Waals surface area contributed by atoms with Crippen LogP contribution in [0.1, 0.15) is 12.5 Å². The average Bonchev–Trinajstić information content (AvgIpc) is 2.88. The van der Waals surface area contributed by atoms with E-state index in [9.17, 15) is 13.2 Å². The molecule has 0 aromatic heterocycles. The predicted molar refractivity (Wildman–Crippen MR) is 88.8 cm³/mol. The molecule has 7 heteroatoms.